The van der Waals surface area contributed by atoms with Gasteiger partial charge in [0.1, 0.15) is 0 Å². The van der Waals surface area contributed by atoms with E-state index >= 15 is 0 Å². The Morgan fingerprint density at radius 2 is 2.16 bits per heavy atom. The van der Waals surface area contributed by atoms with Crippen LogP contribution in [0, 0.1) is 12.8 Å². The molecule has 0 aromatic carbocycles. The van der Waals surface area contributed by atoms with E-state index in [1.165, 1.54) is 55.4 Å². The maximum Gasteiger partial charge on any atom is 0.0960 e. The van der Waals surface area contributed by atoms with Crippen molar-refractivity contribution < 1.29 is 0 Å². The topological polar surface area (TPSA) is 12.0 Å². The highest BCUT2D eigenvalue weighted by Crippen LogP contribution is 2.36. The third-order valence-electron chi connectivity index (χ3n) is 4.20. The molecule has 1 saturated carbocycles. The summed E-state index contributed by atoms with van der Waals surface area (Å²) in [5.41, 5.74) is 1.23. The van der Waals surface area contributed by atoms with Crippen molar-refractivity contribution in [3.63, 3.8) is 0 Å². The van der Waals surface area contributed by atoms with E-state index in [0.29, 0.717) is 6.04 Å². The fraction of sp³-hybridized carbons (Fsp3) is 0.750. The lowest BCUT2D eigenvalue weighted by Crippen LogP contribution is -2.22. The summed E-state index contributed by atoms with van der Waals surface area (Å²) in [5, 5.41) is 3.70. The summed E-state index contributed by atoms with van der Waals surface area (Å²) in [6, 6.07) is 2.78. The minimum Gasteiger partial charge on any atom is -0.309 e. The zero-order chi connectivity index (χ0) is 13.7. The largest absolute Gasteiger partial charge is 0.309 e. The minimum absolute atomic E-state index is 0.511. The first-order valence-electron chi connectivity index (χ1n) is 7.70. The highest BCUT2D eigenvalue weighted by Gasteiger charge is 2.19. The van der Waals surface area contributed by atoms with Crippen LogP contribution in [0.25, 0.3) is 0 Å². The summed E-state index contributed by atoms with van der Waals surface area (Å²) in [6.45, 7) is 5.44. The third-order valence-corrected chi connectivity index (χ3v) is 5.87. The van der Waals surface area contributed by atoms with Gasteiger partial charge in [0.2, 0.25) is 0 Å². The van der Waals surface area contributed by atoms with Gasteiger partial charge in [0.25, 0.3) is 0 Å². The molecule has 0 bridgehead atoms. The molecule has 0 amide bonds. The Morgan fingerprint density at radius 1 is 1.42 bits per heavy atom. The Kier molecular flexibility index (Phi) is 6.18. The van der Waals surface area contributed by atoms with Crippen LogP contribution in [0.4, 0.5) is 0 Å². The molecule has 19 heavy (non-hydrogen) atoms. The number of hydrogen-bond donors (Lipinski definition) is 1. The molecule has 1 N–H and O–H groups in total. The Hall–Kier alpha value is -0.0500. The van der Waals surface area contributed by atoms with Gasteiger partial charge in [-0.2, -0.15) is 0 Å². The number of rotatable bonds is 7. The summed E-state index contributed by atoms with van der Waals surface area (Å²) >= 11 is 7.98. The second-order valence-electron chi connectivity index (χ2n) is 5.84. The average Bonchev–Trinajstić information content (AvgIpc) is 3.01. The zero-order valence-electron chi connectivity index (χ0n) is 12.2. The van der Waals surface area contributed by atoms with Gasteiger partial charge in [-0.1, -0.05) is 44.2 Å². The van der Waals surface area contributed by atoms with E-state index in [-0.39, 0.29) is 0 Å². The third kappa shape index (κ3) is 4.47. The van der Waals surface area contributed by atoms with E-state index in [2.05, 4.69) is 25.2 Å². The van der Waals surface area contributed by atoms with Gasteiger partial charge in [-0.15, -0.1) is 11.3 Å². The van der Waals surface area contributed by atoms with Crippen molar-refractivity contribution in [3.8, 4) is 0 Å². The van der Waals surface area contributed by atoms with Gasteiger partial charge in [0, 0.05) is 10.9 Å². The van der Waals surface area contributed by atoms with Crippen molar-refractivity contribution in [2.45, 2.75) is 64.8 Å². The summed E-state index contributed by atoms with van der Waals surface area (Å²) < 4.78 is 0.958. The molecule has 1 aromatic heterocycles. The van der Waals surface area contributed by atoms with Gasteiger partial charge in [0.05, 0.1) is 4.34 Å². The van der Waals surface area contributed by atoms with Crippen LogP contribution >= 0.6 is 22.9 Å². The lowest BCUT2D eigenvalue weighted by molar-refractivity contribution is 0.415. The Labute approximate surface area is 126 Å². The van der Waals surface area contributed by atoms with E-state index in [1.54, 1.807) is 11.3 Å². The quantitative estimate of drug-likeness (QED) is 0.679. The summed E-state index contributed by atoms with van der Waals surface area (Å²) in [4.78, 5) is 1.42. The standard InChI is InChI=1S/C16H26ClNS/c1-3-10-18-14(9-8-13-6-4-5-7-13)15-11-12(2)16(17)19-15/h11,13-14,18H,3-10H2,1-2H3. The van der Waals surface area contributed by atoms with Crippen LogP contribution in [0.3, 0.4) is 0 Å². The summed E-state index contributed by atoms with van der Waals surface area (Å²) in [7, 11) is 0. The Morgan fingerprint density at radius 3 is 2.74 bits per heavy atom. The highest BCUT2D eigenvalue weighted by molar-refractivity contribution is 7.16. The van der Waals surface area contributed by atoms with E-state index in [4.69, 9.17) is 11.6 Å². The molecule has 1 aromatic rings. The molecule has 1 nitrogen and oxygen atoms in total. The molecular weight excluding hydrogens is 274 g/mol. The first-order valence-corrected chi connectivity index (χ1v) is 8.89. The average molecular weight is 300 g/mol. The highest BCUT2D eigenvalue weighted by atomic mass is 35.5. The molecule has 1 aliphatic rings. The Balaban J connectivity index is 1.93. The second-order valence-corrected chi connectivity index (χ2v) is 7.53. The van der Waals surface area contributed by atoms with Gasteiger partial charge >= 0.3 is 0 Å². The fourth-order valence-corrected chi connectivity index (χ4v) is 4.35. The first kappa shape index (κ1) is 15.3. The normalized spacial score (nSPS) is 18.1. The molecule has 0 radical (unpaired) electrons. The second kappa shape index (κ2) is 7.66. The van der Waals surface area contributed by atoms with Crippen LogP contribution in [0.5, 0.6) is 0 Å². The monoisotopic (exact) mass is 299 g/mol. The molecule has 2 rings (SSSR count). The molecule has 0 spiro atoms. The van der Waals surface area contributed by atoms with E-state index in [9.17, 15) is 0 Å². The van der Waals surface area contributed by atoms with Gasteiger partial charge in [-0.05, 0) is 50.3 Å². The Bertz CT molecular complexity index is 363. The number of thiophene rings is 1. The molecule has 1 fully saturated rings. The lowest BCUT2D eigenvalue weighted by atomic mass is 9.97. The predicted octanol–water partition coefficient (Wildman–Crippen LogP) is 5.72. The number of hydrogen-bond acceptors (Lipinski definition) is 2. The molecule has 108 valence electrons. The molecule has 1 heterocycles. The smallest absolute Gasteiger partial charge is 0.0960 e. The van der Waals surface area contributed by atoms with Gasteiger partial charge in [0.15, 0.2) is 0 Å². The molecule has 1 aliphatic carbocycles. The fourth-order valence-electron chi connectivity index (χ4n) is 3.02. The maximum absolute atomic E-state index is 6.23. The van der Waals surface area contributed by atoms with Crippen LogP contribution in [0.1, 0.15) is 68.4 Å². The van der Waals surface area contributed by atoms with Crippen molar-refractivity contribution >= 4 is 22.9 Å². The minimum atomic E-state index is 0.511. The maximum atomic E-state index is 6.23. The number of nitrogens with one attached hydrogen (secondary N) is 1. The van der Waals surface area contributed by atoms with Gasteiger partial charge in [-0.3, -0.25) is 0 Å². The van der Waals surface area contributed by atoms with Crippen LogP contribution in [0.15, 0.2) is 6.07 Å². The molecule has 1 unspecified atom stereocenters. The molecular formula is C16H26ClNS. The van der Waals surface area contributed by atoms with E-state index < -0.39 is 0 Å². The van der Waals surface area contributed by atoms with Crippen molar-refractivity contribution in [1.29, 1.82) is 0 Å². The molecule has 3 heteroatoms. The number of aryl methyl sites for hydroxylation is 1. The first-order chi connectivity index (χ1) is 9.20. The van der Waals surface area contributed by atoms with Crippen LogP contribution in [-0.4, -0.2) is 6.54 Å². The summed E-state index contributed by atoms with van der Waals surface area (Å²) in [6.07, 6.45) is 9.62. The SMILES string of the molecule is CCCNC(CCC1CCCC1)c1cc(C)c(Cl)s1. The lowest BCUT2D eigenvalue weighted by Gasteiger charge is -2.19. The zero-order valence-corrected chi connectivity index (χ0v) is 13.7. The molecule has 1 atom stereocenters. The molecule has 0 aliphatic heterocycles. The van der Waals surface area contributed by atoms with Gasteiger partial charge in [-0.25, -0.2) is 0 Å². The van der Waals surface area contributed by atoms with Crippen LogP contribution in [0.2, 0.25) is 4.34 Å². The van der Waals surface area contributed by atoms with Crippen molar-refractivity contribution in [1.82, 2.24) is 5.32 Å². The van der Waals surface area contributed by atoms with Crippen molar-refractivity contribution in [2.24, 2.45) is 5.92 Å². The van der Waals surface area contributed by atoms with E-state index in [0.717, 1.165) is 16.8 Å². The molecule has 0 saturated heterocycles. The van der Waals surface area contributed by atoms with E-state index in [1.807, 2.05) is 0 Å². The van der Waals surface area contributed by atoms with Gasteiger partial charge < -0.3 is 5.32 Å². The summed E-state index contributed by atoms with van der Waals surface area (Å²) in [5.74, 6) is 0.974. The van der Waals surface area contributed by atoms with Crippen molar-refractivity contribution in [3.05, 3.63) is 20.8 Å². The predicted molar refractivity (Wildman–Crippen MR) is 86.3 cm³/mol. The van der Waals surface area contributed by atoms with Crippen LogP contribution in [-0.2, 0) is 0 Å². The van der Waals surface area contributed by atoms with Crippen LogP contribution < -0.4 is 5.32 Å². The number of halogens is 1. The van der Waals surface area contributed by atoms with Crippen molar-refractivity contribution in [2.75, 3.05) is 6.54 Å².